The van der Waals surface area contributed by atoms with Gasteiger partial charge in [-0.1, -0.05) is 13.0 Å². The number of anilines is 1. The van der Waals surface area contributed by atoms with Crippen LogP contribution < -0.4 is 9.64 Å². The van der Waals surface area contributed by atoms with Crippen molar-refractivity contribution in [3.63, 3.8) is 0 Å². The summed E-state index contributed by atoms with van der Waals surface area (Å²) in [7, 11) is 0. The Kier molecular flexibility index (Phi) is 4.50. The molecule has 1 aliphatic carbocycles. The topological polar surface area (TPSA) is 46.6 Å². The maximum atomic E-state index is 12.8. The van der Waals surface area contributed by atoms with Crippen LogP contribution >= 0.6 is 0 Å². The molecule has 0 radical (unpaired) electrons. The molecule has 2 aromatic carbocycles. The third kappa shape index (κ3) is 3.36. The lowest BCUT2D eigenvalue weighted by atomic mass is 9.76. The van der Waals surface area contributed by atoms with E-state index >= 15 is 0 Å². The number of ether oxygens (including phenoxy) is 1. The Hall–Kier alpha value is -2.62. The Balaban J connectivity index is 1.53. The number of hydrogen-bond donors (Lipinski definition) is 0. The predicted octanol–water partition coefficient (Wildman–Crippen LogP) is 5.02. The first kappa shape index (κ1) is 17.8. The highest BCUT2D eigenvalue weighted by atomic mass is 16.5. The van der Waals surface area contributed by atoms with Gasteiger partial charge in [0, 0.05) is 0 Å². The molecule has 0 bridgehead atoms. The molecule has 27 heavy (non-hydrogen) atoms. The Bertz CT molecular complexity index is 867. The van der Waals surface area contributed by atoms with E-state index in [-0.39, 0.29) is 23.7 Å². The summed E-state index contributed by atoms with van der Waals surface area (Å²) in [6.07, 6.45) is 2.66. The van der Waals surface area contributed by atoms with Crippen LogP contribution in [0.15, 0.2) is 42.5 Å². The minimum atomic E-state index is -0.146. The molecule has 4 rings (SSSR count). The highest BCUT2D eigenvalue weighted by molar-refractivity contribution is 6.22. The SMILES string of the molecule is Cc1cc(C)cc(Oc2ccc(N3C(=O)[C@H]4CC[C@H](C)C[C@@H]4C3=O)cc2)c1. The Labute approximate surface area is 160 Å². The number of hydrogen-bond acceptors (Lipinski definition) is 3. The van der Waals surface area contributed by atoms with E-state index in [9.17, 15) is 9.59 Å². The second-order valence-electron chi connectivity index (χ2n) is 8.06. The maximum absolute atomic E-state index is 12.8. The molecule has 3 atom stereocenters. The molecule has 2 fully saturated rings. The van der Waals surface area contributed by atoms with Crippen LogP contribution in [0.1, 0.15) is 37.3 Å². The first-order valence-electron chi connectivity index (χ1n) is 9.66. The van der Waals surface area contributed by atoms with Crippen LogP contribution in [0, 0.1) is 31.6 Å². The first-order chi connectivity index (χ1) is 12.9. The largest absolute Gasteiger partial charge is 0.457 e. The van der Waals surface area contributed by atoms with Crippen molar-refractivity contribution in [2.24, 2.45) is 17.8 Å². The molecule has 1 saturated carbocycles. The summed E-state index contributed by atoms with van der Waals surface area (Å²) in [6, 6.07) is 13.3. The van der Waals surface area contributed by atoms with Gasteiger partial charge in [-0.2, -0.15) is 0 Å². The van der Waals surface area contributed by atoms with E-state index in [1.807, 2.05) is 38.1 Å². The Morgan fingerprint density at radius 3 is 2.15 bits per heavy atom. The summed E-state index contributed by atoms with van der Waals surface area (Å²) < 4.78 is 5.93. The quantitative estimate of drug-likeness (QED) is 0.719. The summed E-state index contributed by atoms with van der Waals surface area (Å²) in [4.78, 5) is 27.0. The van der Waals surface area contributed by atoms with Crippen LogP contribution in [0.3, 0.4) is 0 Å². The van der Waals surface area contributed by atoms with Gasteiger partial charge in [0.1, 0.15) is 11.5 Å². The second-order valence-corrected chi connectivity index (χ2v) is 8.06. The van der Waals surface area contributed by atoms with Gasteiger partial charge in [0.25, 0.3) is 0 Å². The highest BCUT2D eigenvalue weighted by Gasteiger charge is 2.49. The van der Waals surface area contributed by atoms with Gasteiger partial charge >= 0.3 is 0 Å². The van der Waals surface area contributed by atoms with E-state index < -0.39 is 0 Å². The highest BCUT2D eigenvalue weighted by Crippen LogP contribution is 2.42. The van der Waals surface area contributed by atoms with Crippen molar-refractivity contribution >= 4 is 17.5 Å². The molecule has 1 aliphatic heterocycles. The molecule has 4 nitrogen and oxygen atoms in total. The van der Waals surface area contributed by atoms with E-state index in [0.29, 0.717) is 17.4 Å². The van der Waals surface area contributed by atoms with E-state index in [4.69, 9.17) is 4.74 Å². The van der Waals surface area contributed by atoms with Crippen molar-refractivity contribution in [2.45, 2.75) is 40.0 Å². The molecule has 2 aromatic rings. The normalized spacial score (nSPS) is 24.9. The average Bonchev–Trinajstić information content (AvgIpc) is 2.85. The molecule has 0 aromatic heterocycles. The molecular weight excluding hydrogens is 338 g/mol. The molecule has 2 amide bonds. The number of amides is 2. The molecule has 0 spiro atoms. The zero-order valence-electron chi connectivity index (χ0n) is 16.1. The van der Waals surface area contributed by atoms with E-state index in [0.717, 1.165) is 36.1 Å². The number of fused-ring (bicyclic) bond motifs is 1. The lowest BCUT2D eigenvalue weighted by molar-refractivity contribution is -0.122. The maximum Gasteiger partial charge on any atom is 0.237 e. The van der Waals surface area contributed by atoms with Crippen molar-refractivity contribution in [3.8, 4) is 11.5 Å². The molecule has 2 aliphatic rings. The van der Waals surface area contributed by atoms with Gasteiger partial charge in [0.2, 0.25) is 11.8 Å². The summed E-state index contributed by atoms with van der Waals surface area (Å²) in [5.41, 5.74) is 2.93. The van der Waals surface area contributed by atoms with Crippen molar-refractivity contribution in [2.75, 3.05) is 4.90 Å². The monoisotopic (exact) mass is 363 g/mol. The van der Waals surface area contributed by atoms with E-state index in [1.54, 1.807) is 12.1 Å². The van der Waals surface area contributed by atoms with Gasteiger partial charge in [-0.3, -0.25) is 14.5 Å². The molecule has 1 heterocycles. The average molecular weight is 363 g/mol. The Morgan fingerprint density at radius 2 is 1.48 bits per heavy atom. The van der Waals surface area contributed by atoms with Crippen LogP contribution in [0.4, 0.5) is 5.69 Å². The van der Waals surface area contributed by atoms with E-state index in [2.05, 4.69) is 13.0 Å². The Morgan fingerprint density at radius 1 is 0.852 bits per heavy atom. The number of rotatable bonds is 3. The predicted molar refractivity (Wildman–Crippen MR) is 105 cm³/mol. The zero-order valence-corrected chi connectivity index (χ0v) is 16.1. The number of aryl methyl sites for hydroxylation is 2. The van der Waals surface area contributed by atoms with Crippen molar-refractivity contribution < 1.29 is 14.3 Å². The summed E-state index contributed by atoms with van der Waals surface area (Å²) in [5.74, 6) is 1.62. The minimum absolute atomic E-state index is 0.0418. The third-order valence-corrected chi connectivity index (χ3v) is 5.71. The molecule has 0 N–H and O–H groups in total. The third-order valence-electron chi connectivity index (χ3n) is 5.71. The van der Waals surface area contributed by atoms with Gasteiger partial charge in [-0.05, 0) is 86.6 Å². The standard InChI is InChI=1S/C23H25NO3/c1-14-4-9-20-21(13-14)23(26)24(22(20)25)17-5-7-18(8-6-17)27-19-11-15(2)10-16(3)12-19/h5-8,10-12,14,20-21H,4,9,13H2,1-3H3/t14-,20-,21-/m0/s1. The lowest BCUT2D eigenvalue weighted by Gasteiger charge is -2.25. The van der Waals surface area contributed by atoms with E-state index in [1.165, 1.54) is 4.90 Å². The van der Waals surface area contributed by atoms with Gasteiger partial charge in [-0.15, -0.1) is 0 Å². The summed E-state index contributed by atoms with van der Waals surface area (Å²) in [5, 5.41) is 0. The zero-order chi connectivity index (χ0) is 19.1. The molecule has 0 unspecified atom stereocenters. The van der Waals surface area contributed by atoms with Gasteiger partial charge in [-0.25, -0.2) is 0 Å². The van der Waals surface area contributed by atoms with Gasteiger partial charge < -0.3 is 4.74 Å². The van der Waals surface area contributed by atoms with Crippen molar-refractivity contribution in [3.05, 3.63) is 53.6 Å². The fourth-order valence-electron chi connectivity index (χ4n) is 4.44. The van der Waals surface area contributed by atoms with Crippen molar-refractivity contribution in [1.82, 2.24) is 0 Å². The number of nitrogens with zero attached hydrogens (tertiary/aromatic N) is 1. The fraction of sp³-hybridized carbons (Fsp3) is 0.391. The smallest absolute Gasteiger partial charge is 0.237 e. The van der Waals surface area contributed by atoms with Crippen LogP contribution in [-0.4, -0.2) is 11.8 Å². The van der Waals surface area contributed by atoms with Crippen LogP contribution in [0.25, 0.3) is 0 Å². The van der Waals surface area contributed by atoms with Gasteiger partial charge in [0.05, 0.1) is 17.5 Å². The number of carbonyl (C=O) groups is 2. The molecule has 4 heteroatoms. The van der Waals surface area contributed by atoms with Crippen molar-refractivity contribution in [1.29, 1.82) is 0 Å². The minimum Gasteiger partial charge on any atom is -0.457 e. The fourth-order valence-corrected chi connectivity index (χ4v) is 4.44. The van der Waals surface area contributed by atoms with Crippen LogP contribution in [0.2, 0.25) is 0 Å². The number of benzene rings is 2. The van der Waals surface area contributed by atoms with Crippen LogP contribution in [-0.2, 0) is 9.59 Å². The number of carbonyl (C=O) groups excluding carboxylic acids is 2. The summed E-state index contributed by atoms with van der Waals surface area (Å²) in [6.45, 7) is 6.23. The number of imide groups is 1. The lowest BCUT2D eigenvalue weighted by Crippen LogP contribution is -2.30. The molecule has 1 saturated heterocycles. The van der Waals surface area contributed by atoms with Gasteiger partial charge in [0.15, 0.2) is 0 Å². The first-order valence-corrected chi connectivity index (χ1v) is 9.66. The summed E-state index contributed by atoms with van der Waals surface area (Å²) >= 11 is 0. The molecular formula is C23H25NO3. The molecule has 140 valence electrons. The second kappa shape index (κ2) is 6.84. The van der Waals surface area contributed by atoms with Crippen LogP contribution in [0.5, 0.6) is 11.5 Å².